The third kappa shape index (κ3) is 2.51. The van der Waals surface area contributed by atoms with Gasteiger partial charge in [0.2, 0.25) is 5.82 Å². The summed E-state index contributed by atoms with van der Waals surface area (Å²) in [5.74, 6) is 0.788. The number of aliphatic hydroxyl groups is 1. The number of aryl methyl sites for hydroxylation is 1. The zero-order chi connectivity index (χ0) is 14.2. The molecule has 2 heterocycles. The minimum Gasteiger partial charge on any atom is -0.379 e. The summed E-state index contributed by atoms with van der Waals surface area (Å²) in [6, 6.07) is 5.89. The van der Waals surface area contributed by atoms with Crippen LogP contribution in [0.2, 0.25) is 0 Å². The van der Waals surface area contributed by atoms with Crippen LogP contribution in [0.25, 0.3) is 11.4 Å². The fourth-order valence-corrected chi connectivity index (χ4v) is 2.71. The van der Waals surface area contributed by atoms with Gasteiger partial charge in [-0.2, -0.15) is 4.98 Å². The molecule has 5 nitrogen and oxygen atoms in total. The second-order valence-electron chi connectivity index (χ2n) is 5.20. The van der Waals surface area contributed by atoms with Crippen molar-refractivity contribution in [2.45, 2.75) is 25.4 Å². The molecular weight excluding hydrogens is 322 g/mol. The Morgan fingerprint density at radius 2 is 2.30 bits per heavy atom. The number of aromatic nitrogens is 2. The number of hydrogen-bond acceptors (Lipinski definition) is 5. The van der Waals surface area contributed by atoms with Crippen molar-refractivity contribution >= 4 is 15.9 Å². The van der Waals surface area contributed by atoms with Crippen LogP contribution < -0.4 is 5.32 Å². The highest BCUT2D eigenvalue weighted by molar-refractivity contribution is 9.10. The first-order chi connectivity index (χ1) is 9.58. The highest BCUT2D eigenvalue weighted by Gasteiger charge is 2.37. The molecule has 3 rings (SSSR count). The standard InChI is InChI=1S/C14H16BrN3O2/c1-9-3-4-10(7-11(9)15)12-17-13(20-18-12)14(19)5-2-6-16-8-14/h3-4,7,16,19H,2,5-6,8H2,1H3. The predicted molar refractivity (Wildman–Crippen MR) is 78.2 cm³/mol. The number of hydrogen-bond donors (Lipinski definition) is 2. The fraction of sp³-hybridized carbons (Fsp3) is 0.429. The van der Waals surface area contributed by atoms with E-state index >= 15 is 0 Å². The van der Waals surface area contributed by atoms with Crippen LogP contribution in [-0.2, 0) is 5.60 Å². The van der Waals surface area contributed by atoms with E-state index in [1.165, 1.54) is 0 Å². The maximum absolute atomic E-state index is 10.5. The van der Waals surface area contributed by atoms with Crippen molar-refractivity contribution in [3.05, 3.63) is 34.1 Å². The third-order valence-corrected chi connectivity index (χ3v) is 4.47. The van der Waals surface area contributed by atoms with Crippen molar-refractivity contribution < 1.29 is 9.63 Å². The summed E-state index contributed by atoms with van der Waals surface area (Å²) in [5, 5.41) is 17.7. The zero-order valence-electron chi connectivity index (χ0n) is 11.2. The zero-order valence-corrected chi connectivity index (χ0v) is 12.8. The minimum absolute atomic E-state index is 0.288. The van der Waals surface area contributed by atoms with Crippen LogP contribution in [-0.4, -0.2) is 28.3 Å². The van der Waals surface area contributed by atoms with Crippen molar-refractivity contribution in [1.82, 2.24) is 15.5 Å². The monoisotopic (exact) mass is 337 g/mol. The Morgan fingerprint density at radius 3 is 3.00 bits per heavy atom. The third-order valence-electron chi connectivity index (χ3n) is 3.62. The van der Waals surface area contributed by atoms with E-state index in [4.69, 9.17) is 4.52 Å². The van der Waals surface area contributed by atoms with E-state index in [2.05, 4.69) is 31.4 Å². The Balaban J connectivity index is 1.91. The second-order valence-corrected chi connectivity index (χ2v) is 6.05. The summed E-state index contributed by atoms with van der Waals surface area (Å²) in [6.45, 7) is 3.38. The van der Waals surface area contributed by atoms with Crippen LogP contribution in [0.3, 0.4) is 0 Å². The molecule has 0 spiro atoms. The summed E-state index contributed by atoms with van der Waals surface area (Å²) >= 11 is 3.49. The van der Waals surface area contributed by atoms with E-state index in [1.54, 1.807) is 0 Å². The van der Waals surface area contributed by atoms with Crippen molar-refractivity contribution in [2.24, 2.45) is 0 Å². The molecule has 1 aromatic carbocycles. The normalized spacial score (nSPS) is 22.9. The summed E-state index contributed by atoms with van der Waals surface area (Å²) in [4.78, 5) is 4.36. The quantitative estimate of drug-likeness (QED) is 0.880. The maximum atomic E-state index is 10.5. The van der Waals surface area contributed by atoms with Gasteiger partial charge in [-0.15, -0.1) is 0 Å². The maximum Gasteiger partial charge on any atom is 0.260 e. The van der Waals surface area contributed by atoms with Crippen LogP contribution in [0.5, 0.6) is 0 Å². The van der Waals surface area contributed by atoms with Crippen LogP contribution in [0, 0.1) is 6.92 Å². The van der Waals surface area contributed by atoms with E-state index in [0.29, 0.717) is 18.8 Å². The summed E-state index contributed by atoms with van der Waals surface area (Å²) < 4.78 is 6.26. The van der Waals surface area contributed by atoms with Crippen molar-refractivity contribution in [3.8, 4) is 11.4 Å². The molecular formula is C14H16BrN3O2. The first-order valence-electron chi connectivity index (χ1n) is 6.62. The van der Waals surface area contributed by atoms with Gasteiger partial charge < -0.3 is 14.9 Å². The molecule has 0 amide bonds. The lowest BCUT2D eigenvalue weighted by molar-refractivity contribution is -0.0167. The molecule has 2 aromatic rings. The molecule has 1 atom stereocenters. The molecule has 20 heavy (non-hydrogen) atoms. The molecule has 1 aliphatic rings. The van der Waals surface area contributed by atoms with Crippen molar-refractivity contribution in [3.63, 3.8) is 0 Å². The lowest BCUT2D eigenvalue weighted by atomic mass is 9.94. The van der Waals surface area contributed by atoms with Gasteiger partial charge >= 0.3 is 0 Å². The summed E-state index contributed by atoms with van der Waals surface area (Å²) in [7, 11) is 0. The Hall–Kier alpha value is -1.24. The molecule has 6 heteroatoms. The molecule has 106 valence electrons. The molecule has 0 aliphatic carbocycles. The molecule has 0 radical (unpaired) electrons. The first kappa shape index (κ1) is 13.7. The lowest BCUT2D eigenvalue weighted by Crippen LogP contribution is -2.43. The number of nitrogens with zero attached hydrogens (tertiary/aromatic N) is 2. The number of benzene rings is 1. The Morgan fingerprint density at radius 1 is 1.45 bits per heavy atom. The van der Waals surface area contributed by atoms with Crippen LogP contribution in [0.4, 0.5) is 0 Å². The number of rotatable bonds is 2. The lowest BCUT2D eigenvalue weighted by Gasteiger charge is -2.28. The van der Waals surface area contributed by atoms with Crippen LogP contribution in [0.1, 0.15) is 24.3 Å². The largest absolute Gasteiger partial charge is 0.379 e. The molecule has 2 N–H and O–H groups in total. The SMILES string of the molecule is Cc1ccc(-c2noc(C3(O)CCCNC3)n2)cc1Br. The van der Waals surface area contributed by atoms with Crippen molar-refractivity contribution in [2.75, 3.05) is 13.1 Å². The van der Waals surface area contributed by atoms with Crippen LogP contribution in [0.15, 0.2) is 27.2 Å². The average molecular weight is 338 g/mol. The van der Waals surface area contributed by atoms with Crippen LogP contribution >= 0.6 is 15.9 Å². The highest BCUT2D eigenvalue weighted by Crippen LogP contribution is 2.29. The van der Waals surface area contributed by atoms with Gasteiger partial charge in [0.15, 0.2) is 5.60 Å². The van der Waals surface area contributed by atoms with Gasteiger partial charge in [-0.1, -0.05) is 33.2 Å². The van der Waals surface area contributed by atoms with Gasteiger partial charge in [0.05, 0.1) is 0 Å². The predicted octanol–water partition coefficient (Wildman–Crippen LogP) is 2.38. The number of β-amino-alcohol motifs (C(OH)–C–C–N with tert-alkyl or cyclic N) is 1. The van der Waals surface area contributed by atoms with E-state index < -0.39 is 5.60 Å². The number of piperidine rings is 1. The van der Waals surface area contributed by atoms with E-state index in [1.807, 2.05) is 25.1 Å². The molecule has 0 bridgehead atoms. The van der Waals surface area contributed by atoms with Gasteiger partial charge in [-0.25, -0.2) is 0 Å². The molecule has 1 aliphatic heterocycles. The molecule has 1 saturated heterocycles. The summed E-state index contributed by atoms with van der Waals surface area (Å²) in [5.41, 5.74) is 0.961. The first-order valence-corrected chi connectivity index (χ1v) is 7.42. The Kier molecular flexibility index (Phi) is 3.62. The second kappa shape index (κ2) is 5.27. The highest BCUT2D eigenvalue weighted by atomic mass is 79.9. The average Bonchev–Trinajstić information content (AvgIpc) is 2.93. The van der Waals surface area contributed by atoms with E-state index in [9.17, 15) is 5.11 Å². The molecule has 0 saturated carbocycles. The van der Waals surface area contributed by atoms with Gasteiger partial charge in [0, 0.05) is 16.6 Å². The molecule has 1 unspecified atom stereocenters. The number of nitrogens with one attached hydrogen (secondary N) is 1. The topological polar surface area (TPSA) is 71.2 Å². The molecule has 1 fully saturated rings. The smallest absolute Gasteiger partial charge is 0.260 e. The van der Waals surface area contributed by atoms with E-state index in [0.717, 1.165) is 28.6 Å². The summed E-state index contributed by atoms with van der Waals surface area (Å²) in [6.07, 6.45) is 1.53. The van der Waals surface area contributed by atoms with Gasteiger partial charge in [0.1, 0.15) is 0 Å². The Labute approximate surface area is 125 Å². The van der Waals surface area contributed by atoms with Gasteiger partial charge in [-0.05, 0) is 37.9 Å². The minimum atomic E-state index is -1.05. The van der Waals surface area contributed by atoms with Crippen molar-refractivity contribution in [1.29, 1.82) is 0 Å². The fourth-order valence-electron chi connectivity index (χ4n) is 2.33. The van der Waals surface area contributed by atoms with Gasteiger partial charge in [0.25, 0.3) is 5.89 Å². The Bertz CT molecular complexity index is 621. The van der Waals surface area contributed by atoms with Gasteiger partial charge in [-0.3, -0.25) is 0 Å². The number of halogens is 1. The molecule has 1 aromatic heterocycles. The van der Waals surface area contributed by atoms with E-state index in [-0.39, 0.29) is 5.89 Å².